The number of aromatic amines is 1. The number of rotatable bonds is 3. The Morgan fingerprint density at radius 1 is 1.44 bits per heavy atom. The number of aromatic nitrogens is 4. The summed E-state index contributed by atoms with van der Waals surface area (Å²) in [4.78, 5) is 7.17. The van der Waals surface area contributed by atoms with Crippen LogP contribution in [-0.2, 0) is 13.2 Å². The number of H-pyrrole nitrogens is 1. The van der Waals surface area contributed by atoms with Crippen molar-refractivity contribution in [3.8, 4) is 11.3 Å². The molecular formula is C11H16N4O. The molecule has 0 amide bonds. The molecule has 2 heterocycles. The van der Waals surface area contributed by atoms with Gasteiger partial charge in [0.25, 0.3) is 0 Å². The zero-order valence-electron chi connectivity index (χ0n) is 9.78. The topological polar surface area (TPSA) is 66.7 Å². The Morgan fingerprint density at radius 3 is 2.69 bits per heavy atom. The first-order chi connectivity index (χ1) is 7.67. The molecule has 0 bridgehead atoms. The zero-order valence-corrected chi connectivity index (χ0v) is 9.78. The van der Waals surface area contributed by atoms with E-state index in [2.05, 4.69) is 22.0 Å². The van der Waals surface area contributed by atoms with E-state index < -0.39 is 0 Å². The van der Waals surface area contributed by atoms with Crippen molar-refractivity contribution in [1.29, 1.82) is 0 Å². The molecule has 0 unspecified atom stereocenters. The molecule has 2 aromatic heterocycles. The van der Waals surface area contributed by atoms with Crippen molar-refractivity contribution in [1.82, 2.24) is 19.7 Å². The molecule has 86 valence electrons. The van der Waals surface area contributed by atoms with E-state index in [-0.39, 0.29) is 6.61 Å². The zero-order chi connectivity index (χ0) is 11.7. The third-order valence-electron chi connectivity index (χ3n) is 2.73. The molecule has 0 saturated carbocycles. The van der Waals surface area contributed by atoms with Gasteiger partial charge in [-0.15, -0.1) is 0 Å². The van der Waals surface area contributed by atoms with Gasteiger partial charge in [0.2, 0.25) is 0 Å². The molecule has 0 fully saturated rings. The van der Waals surface area contributed by atoms with Crippen molar-refractivity contribution < 1.29 is 5.11 Å². The quantitative estimate of drug-likeness (QED) is 0.821. The Hall–Kier alpha value is -1.62. The molecular weight excluding hydrogens is 204 g/mol. The summed E-state index contributed by atoms with van der Waals surface area (Å²) in [6.45, 7) is 6.87. The van der Waals surface area contributed by atoms with Crippen molar-refractivity contribution in [2.75, 3.05) is 0 Å². The van der Waals surface area contributed by atoms with Gasteiger partial charge >= 0.3 is 0 Å². The van der Waals surface area contributed by atoms with Crippen LogP contribution in [0.4, 0.5) is 0 Å². The number of nitrogens with zero attached hydrogens (tertiary/aromatic N) is 3. The van der Waals surface area contributed by atoms with Crippen LogP contribution in [0.3, 0.4) is 0 Å². The molecule has 2 aromatic rings. The van der Waals surface area contributed by atoms with Crippen molar-refractivity contribution in [3.63, 3.8) is 0 Å². The second-order valence-corrected chi connectivity index (χ2v) is 3.76. The molecule has 0 saturated heterocycles. The highest BCUT2D eigenvalue weighted by atomic mass is 16.3. The van der Waals surface area contributed by atoms with E-state index >= 15 is 0 Å². The summed E-state index contributed by atoms with van der Waals surface area (Å²) >= 11 is 0. The molecule has 0 atom stereocenters. The van der Waals surface area contributed by atoms with Crippen LogP contribution < -0.4 is 0 Å². The summed E-state index contributed by atoms with van der Waals surface area (Å²) < 4.78 is 1.96. The molecule has 2 N–H and O–H groups in total. The molecule has 0 spiro atoms. The third-order valence-corrected chi connectivity index (χ3v) is 2.73. The number of nitrogens with one attached hydrogen (secondary N) is 1. The average Bonchev–Trinajstić information content (AvgIpc) is 2.83. The lowest BCUT2D eigenvalue weighted by Crippen LogP contribution is -1.98. The molecule has 16 heavy (non-hydrogen) atoms. The lowest BCUT2D eigenvalue weighted by atomic mass is 10.1. The van der Waals surface area contributed by atoms with Crippen molar-refractivity contribution in [2.24, 2.45) is 0 Å². The summed E-state index contributed by atoms with van der Waals surface area (Å²) in [5.74, 6) is 0.582. The fourth-order valence-corrected chi connectivity index (χ4v) is 1.96. The Morgan fingerprint density at radius 2 is 2.19 bits per heavy atom. The molecule has 2 rings (SSSR count). The summed E-state index contributed by atoms with van der Waals surface area (Å²) in [5.41, 5.74) is 4.09. The standard InChI is InChI=1S/C11H16N4O/c1-4-15-8(3)11(7(2)14-15)9-5-12-10(6-16)13-9/h5,16H,4,6H2,1-3H3,(H,12,13). The summed E-state index contributed by atoms with van der Waals surface area (Å²) in [6, 6.07) is 0. The Kier molecular flexibility index (Phi) is 2.78. The first-order valence-corrected chi connectivity index (χ1v) is 5.36. The number of hydrogen-bond acceptors (Lipinski definition) is 3. The van der Waals surface area contributed by atoms with Crippen LogP contribution in [0.1, 0.15) is 24.1 Å². The van der Waals surface area contributed by atoms with Gasteiger partial charge in [0.05, 0.1) is 17.6 Å². The van der Waals surface area contributed by atoms with E-state index in [0.29, 0.717) is 5.82 Å². The van der Waals surface area contributed by atoms with Gasteiger partial charge in [0, 0.05) is 17.8 Å². The predicted molar refractivity (Wildman–Crippen MR) is 60.9 cm³/mol. The second kappa shape index (κ2) is 4.09. The largest absolute Gasteiger partial charge is 0.388 e. The molecule has 0 radical (unpaired) electrons. The highest BCUT2D eigenvalue weighted by Crippen LogP contribution is 2.25. The smallest absolute Gasteiger partial charge is 0.132 e. The third kappa shape index (κ3) is 1.63. The first kappa shape index (κ1) is 10.9. The van der Waals surface area contributed by atoms with Gasteiger partial charge in [-0.3, -0.25) is 4.68 Å². The van der Waals surface area contributed by atoms with Crippen LogP contribution in [0.25, 0.3) is 11.3 Å². The maximum absolute atomic E-state index is 8.97. The highest BCUT2D eigenvalue weighted by Gasteiger charge is 2.14. The number of aryl methyl sites for hydroxylation is 2. The number of aliphatic hydroxyl groups is 1. The molecule has 0 aliphatic rings. The minimum absolute atomic E-state index is 0.0694. The van der Waals surface area contributed by atoms with Gasteiger partial charge in [-0.2, -0.15) is 5.10 Å². The van der Waals surface area contributed by atoms with E-state index in [0.717, 1.165) is 29.2 Å². The lowest BCUT2D eigenvalue weighted by Gasteiger charge is -2.00. The summed E-state index contributed by atoms with van der Waals surface area (Å²) in [5, 5.41) is 13.4. The van der Waals surface area contributed by atoms with Crippen LogP contribution in [0, 0.1) is 13.8 Å². The Labute approximate surface area is 94.1 Å². The Bertz CT molecular complexity index is 498. The van der Waals surface area contributed by atoms with Crippen LogP contribution in [-0.4, -0.2) is 24.9 Å². The average molecular weight is 220 g/mol. The Balaban J connectivity index is 2.50. The first-order valence-electron chi connectivity index (χ1n) is 5.36. The van der Waals surface area contributed by atoms with Gasteiger partial charge in [0.15, 0.2) is 0 Å². The monoisotopic (exact) mass is 220 g/mol. The SMILES string of the molecule is CCn1nc(C)c(-c2cnc(CO)[nH]2)c1C. The second-order valence-electron chi connectivity index (χ2n) is 3.76. The van der Waals surface area contributed by atoms with Crippen LogP contribution in [0.5, 0.6) is 0 Å². The van der Waals surface area contributed by atoms with Gasteiger partial charge < -0.3 is 10.1 Å². The van der Waals surface area contributed by atoms with Crippen LogP contribution in [0.2, 0.25) is 0 Å². The fraction of sp³-hybridized carbons (Fsp3) is 0.455. The maximum atomic E-state index is 8.97. The molecule has 5 heteroatoms. The van der Waals surface area contributed by atoms with E-state index in [1.807, 2.05) is 18.5 Å². The van der Waals surface area contributed by atoms with Gasteiger partial charge in [-0.05, 0) is 20.8 Å². The van der Waals surface area contributed by atoms with E-state index in [9.17, 15) is 0 Å². The van der Waals surface area contributed by atoms with Crippen LogP contribution >= 0.6 is 0 Å². The number of imidazole rings is 1. The van der Waals surface area contributed by atoms with Crippen LogP contribution in [0.15, 0.2) is 6.20 Å². The highest BCUT2D eigenvalue weighted by molar-refractivity contribution is 5.64. The predicted octanol–water partition coefficient (Wildman–Crippen LogP) is 1.40. The number of hydrogen-bond donors (Lipinski definition) is 2. The van der Waals surface area contributed by atoms with E-state index in [1.54, 1.807) is 6.20 Å². The normalized spacial score (nSPS) is 11.0. The van der Waals surface area contributed by atoms with Gasteiger partial charge in [-0.1, -0.05) is 0 Å². The van der Waals surface area contributed by atoms with Crippen molar-refractivity contribution >= 4 is 0 Å². The maximum Gasteiger partial charge on any atom is 0.132 e. The molecule has 5 nitrogen and oxygen atoms in total. The lowest BCUT2D eigenvalue weighted by molar-refractivity contribution is 0.272. The van der Waals surface area contributed by atoms with Crippen molar-refractivity contribution in [2.45, 2.75) is 33.9 Å². The van der Waals surface area contributed by atoms with Gasteiger partial charge in [0.1, 0.15) is 12.4 Å². The minimum atomic E-state index is -0.0694. The fourth-order valence-electron chi connectivity index (χ4n) is 1.96. The summed E-state index contributed by atoms with van der Waals surface area (Å²) in [7, 11) is 0. The van der Waals surface area contributed by atoms with Gasteiger partial charge in [-0.25, -0.2) is 4.98 Å². The minimum Gasteiger partial charge on any atom is -0.388 e. The van der Waals surface area contributed by atoms with E-state index in [4.69, 9.17) is 5.11 Å². The number of aliphatic hydroxyl groups excluding tert-OH is 1. The molecule has 0 aromatic carbocycles. The van der Waals surface area contributed by atoms with E-state index in [1.165, 1.54) is 0 Å². The summed E-state index contributed by atoms with van der Waals surface area (Å²) in [6.07, 6.45) is 1.74. The van der Waals surface area contributed by atoms with Crippen molar-refractivity contribution in [3.05, 3.63) is 23.4 Å². The molecule has 0 aliphatic carbocycles. The molecule has 0 aliphatic heterocycles.